The monoisotopic (exact) mass is 409 g/mol. The summed E-state index contributed by atoms with van der Waals surface area (Å²) in [5, 5.41) is 2.43. The fraction of sp³-hybridized carbons (Fsp3) is 0.400. The predicted octanol–water partition coefficient (Wildman–Crippen LogP) is 2.83. The Morgan fingerprint density at radius 3 is 2.44 bits per heavy atom. The molecule has 0 aliphatic carbocycles. The maximum atomic E-state index is 12.0. The van der Waals surface area contributed by atoms with Gasteiger partial charge >= 0.3 is 12.1 Å². The van der Waals surface area contributed by atoms with Gasteiger partial charge in [0.25, 0.3) is 0 Å². The lowest BCUT2D eigenvalue weighted by Crippen LogP contribution is -2.64. The Bertz CT molecular complexity index is 648. The molecule has 0 spiro atoms. The van der Waals surface area contributed by atoms with Crippen LogP contribution < -0.4 is 5.32 Å². The van der Waals surface area contributed by atoms with E-state index >= 15 is 0 Å². The number of rotatable bonds is 5. The highest BCUT2D eigenvalue weighted by atomic mass is 35.6. The molecule has 1 aliphatic rings. The molecule has 25 heavy (non-hydrogen) atoms. The minimum atomic E-state index is -1.77. The smallest absolute Gasteiger partial charge is 0.437 e. The molecule has 1 aromatic carbocycles. The van der Waals surface area contributed by atoms with E-state index in [0.29, 0.717) is 5.56 Å². The van der Waals surface area contributed by atoms with E-state index < -0.39 is 46.7 Å². The molecule has 0 aromatic heterocycles. The normalized spacial score (nSPS) is 20.7. The molecular formula is C15H14Cl3NO6. The minimum absolute atomic E-state index is 0.332. The highest BCUT2D eigenvalue weighted by Crippen LogP contribution is 2.27. The molecule has 7 nitrogen and oxygen atoms in total. The summed E-state index contributed by atoms with van der Waals surface area (Å²) in [7, 11) is 0. The summed E-state index contributed by atoms with van der Waals surface area (Å²) in [5.74, 6) is -1.90. The van der Waals surface area contributed by atoms with E-state index in [0.717, 1.165) is 0 Å². The third-order valence-electron chi connectivity index (χ3n) is 3.30. The van der Waals surface area contributed by atoms with Crippen molar-refractivity contribution < 1.29 is 28.6 Å². The van der Waals surface area contributed by atoms with Crippen LogP contribution in [0, 0.1) is 5.92 Å². The van der Waals surface area contributed by atoms with Crippen LogP contribution in [0.3, 0.4) is 0 Å². The predicted molar refractivity (Wildman–Crippen MR) is 89.5 cm³/mol. The molecule has 1 saturated heterocycles. The van der Waals surface area contributed by atoms with Gasteiger partial charge in [0.05, 0.1) is 5.56 Å². The largest absolute Gasteiger partial charge is 0.508 e. The first-order valence-electron chi connectivity index (χ1n) is 7.14. The van der Waals surface area contributed by atoms with Crippen LogP contribution in [0.5, 0.6) is 0 Å². The number of hydrogen-bond acceptors (Lipinski definition) is 6. The zero-order chi connectivity index (χ0) is 18.6. The van der Waals surface area contributed by atoms with Gasteiger partial charge in [-0.15, -0.1) is 0 Å². The number of benzene rings is 1. The van der Waals surface area contributed by atoms with E-state index in [-0.39, 0.29) is 0 Å². The van der Waals surface area contributed by atoms with Gasteiger partial charge in [0.15, 0.2) is 6.23 Å². The summed E-state index contributed by atoms with van der Waals surface area (Å²) < 4.78 is 13.0. The van der Waals surface area contributed by atoms with Crippen molar-refractivity contribution in [3.63, 3.8) is 0 Å². The van der Waals surface area contributed by atoms with Gasteiger partial charge in [0.1, 0.15) is 18.6 Å². The summed E-state index contributed by atoms with van der Waals surface area (Å²) in [6.07, 6.45) is -2.94. The number of hydrogen-bond donors (Lipinski definition) is 1. The third-order valence-corrected chi connectivity index (χ3v) is 3.63. The number of carbonyl (C=O) groups excluding carboxylic acids is 3. The van der Waals surface area contributed by atoms with Crippen LogP contribution in [0.1, 0.15) is 17.3 Å². The highest BCUT2D eigenvalue weighted by Gasteiger charge is 2.47. The van der Waals surface area contributed by atoms with E-state index in [4.69, 9.17) is 44.3 Å². The average molecular weight is 411 g/mol. The Hall–Kier alpha value is -1.70. The third kappa shape index (κ3) is 5.66. The minimum Gasteiger partial charge on any atom is -0.437 e. The molecule has 1 N–H and O–H groups in total. The van der Waals surface area contributed by atoms with E-state index in [1.165, 1.54) is 6.92 Å². The summed E-state index contributed by atoms with van der Waals surface area (Å²) in [6.45, 7) is 0.954. The van der Waals surface area contributed by atoms with E-state index in [1.807, 2.05) is 0 Å². The number of β-lactam (4-membered cyclic amide) rings is 1. The van der Waals surface area contributed by atoms with Gasteiger partial charge in [0, 0.05) is 0 Å². The summed E-state index contributed by atoms with van der Waals surface area (Å²) in [5.41, 5.74) is 0.332. The lowest BCUT2D eigenvalue weighted by molar-refractivity contribution is -0.156. The second-order valence-electron chi connectivity index (χ2n) is 5.20. The van der Waals surface area contributed by atoms with Crippen molar-refractivity contribution in [3.05, 3.63) is 35.9 Å². The second-order valence-corrected chi connectivity index (χ2v) is 7.72. The molecule has 2 rings (SSSR count). The Morgan fingerprint density at radius 2 is 1.88 bits per heavy atom. The number of esters is 1. The second kappa shape index (κ2) is 8.12. The fourth-order valence-electron chi connectivity index (χ4n) is 2.09. The zero-order valence-electron chi connectivity index (χ0n) is 12.9. The van der Waals surface area contributed by atoms with Gasteiger partial charge in [-0.2, -0.15) is 0 Å². The van der Waals surface area contributed by atoms with Crippen molar-refractivity contribution >= 4 is 52.8 Å². The number of carbonyl (C=O) groups is 3. The van der Waals surface area contributed by atoms with Gasteiger partial charge < -0.3 is 19.5 Å². The van der Waals surface area contributed by atoms with Crippen molar-refractivity contribution in [1.29, 1.82) is 0 Å². The van der Waals surface area contributed by atoms with Gasteiger partial charge in [-0.25, -0.2) is 9.59 Å². The van der Waals surface area contributed by atoms with Crippen LogP contribution in [-0.4, -0.2) is 40.8 Å². The zero-order valence-corrected chi connectivity index (χ0v) is 15.2. The summed E-state index contributed by atoms with van der Waals surface area (Å²) in [4.78, 5) is 35.3. The number of nitrogens with one attached hydrogen (secondary N) is 1. The van der Waals surface area contributed by atoms with Crippen LogP contribution in [0.2, 0.25) is 0 Å². The Labute approximate surface area is 158 Å². The lowest BCUT2D eigenvalue weighted by Gasteiger charge is -2.38. The molecule has 1 heterocycles. The van der Waals surface area contributed by atoms with Crippen LogP contribution in [0.15, 0.2) is 30.3 Å². The average Bonchev–Trinajstić information content (AvgIpc) is 2.52. The molecule has 1 amide bonds. The Kier molecular flexibility index (Phi) is 6.37. The topological polar surface area (TPSA) is 90.9 Å². The molecule has 1 fully saturated rings. The van der Waals surface area contributed by atoms with Crippen molar-refractivity contribution in [1.82, 2.24) is 5.32 Å². The van der Waals surface area contributed by atoms with Crippen molar-refractivity contribution in [2.75, 3.05) is 6.61 Å². The highest BCUT2D eigenvalue weighted by molar-refractivity contribution is 6.67. The van der Waals surface area contributed by atoms with Crippen molar-refractivity contribution in [2.45, 2.75) is 23.0 Å². The van der Waals surface area contributed by atoms with Crippen LogP contribution in [0.4, 0.5) is 4.79 Å². The van der Waals surface area contributed by atoms with Gasteiger partial charge in [-0.1, -0.05) is 53.0 Å². The quantitative estimate of drug-likeness (QED) is 0.456. The van der Waals surface area contributed by atoms with Crippen molar-refractivity contribution in [3.8, 4) is 0 Å². The Morgan fingerprint density at radius 1 is 1.24 bits per heavy atom. The van der Waals surface area contributed by atoms with E-state index in [9.17, 15) is 14.4 Å². The van der Waals surface area contributed by atoms with Crippen LogP contribution in [0.25, 0.3) is 0 Å². The molecule has 10 heteroatoms. The Balaban J connectivity index is 1.88. The number of alkyl halides is 3. The molecule has 0 saturated carbocycles. The molecule has 1 aliphatic heterocycles. The molecule has 0 radical (unpaired) electrons. The first-order valence-corrected chi connectivity index (χ1v) is 8.27. The fourth-order valence-corrected chi connectivity index (χ4v) is 2.25. The number of halogens is 3. The molecule has 0 bridgehead atoms. The maximum absolute atomic E-state index is 12.0. The number of ether oxygens (including phenoxy) is 3. The molecule has 0 unspecified atom stereocenters. The van der Waals surface area contributed by atoms with Gasteiger partial charge in [0.2, 0.25) is 9.70 Å². The molecule has 3 atom stereocenters. The SMILES string of the molecule is C[C@@H](OC(=O)OCC(Cl)(Cl)Cl)[C@H]1C(=O)N[C@@H]1OC(=O)c1ccccc1. The lowest BCUT2D eigenvalue weighted by atomic mass is 9.93. The molecule has 1 aromatic rings. The van der Waals surface area contributed by atoms with Crippen LogP contribution in [-0.2, 0) is 19.0 Å². The summed E-state index contributed by atoms with van der Waals surface area (Å²) >= 11 is 16.4. The molecular weight excluding hydrogens is 397 g/mol. The molecule has 136 valence electrons. The number of amides is 1. The van der Waals surface area contributed by atoms with Crippen LogP contribution >= 0.6 is 34.8 Å². The van der Waals surface area contributed by atoms with E-state index in [2.05, 4.69) is 10.1 Å². The first-order chi connectivity index (χ1) is 11.7. The van der Waals surface area contributed by atoms with Gasteiger partial charge in [-0.3, -0.25) is 4.79 Å². The van der Waals surface area contributed by atoms with E-state index in [1.54, 1.807) is 30.3 Å². The van der Waals surface area contributed by atoms with Crippen molar-refractivity contribution in [2.24, 2.45) is 5.92 Å². The first kappa shape index (κ1) is 19.6. The standard InChI is InChI=1S/C15H14Cl3NO6/c1-8(24-14(22)23-7-15(16,17)18)10-11(20)19-12(10)25-13(21)9-5-3-2-4-6-9/h2-6,8,10,12H,7H2,1H3,(H,19,20)/t8-,10+,12-/m1/s1. The van der Waals surface area contributed by atoms with Gasteiger partial charge in [-0.05, 0) is 19.1 Å². The summed E-state index contributed by atoms with van der Waals surface area (Å²) in [6, 6.07) is 8.26. The maximum Gasteiger partial charge on any atom is 0.508 e.